The molecule has 2 nitrogen and oxygen atoms in total. The third-order valence-electron chi connectivity index (χ3n) is 2.26. The Morgan fingerprint density at radius 3 is 2.57 bits per heavy atom. The summed E-state index contributed by atoms with van der Waals surface area (Å²) < 4.78 is 0. The number of hydrogen-bond acceptors (Lipinski definition) is 2. The summed E-state index contributed by atoms with van der Waals surface area (Å²) in [4.78, 5) is 11.8. The molecule has 0 fully saturated rings. The van der Waals surface area contributed by atoms with Crippen LogP contribution in [0.2, 0.25) is 0 Å². The summed E-state index contributed by atoms with van der Waals surface area (Å²) in [6.45, 7) is 1.93. The zero-order valence-corrected chi connectivity index (χ0v) is 8.23. The first-order valence-electron chi connectivity index (χ1n) is 4.75. The van der Waals surface area contributed by atoms with Crippen LogP contribution in [0.15, 0.2) is 30.3 Å². The summed E-state index contributed by atoms with van der Waals surface area (Å²) in [5.74, 6) is -0.0722. The molecule has 0 amide bonds. The number of carbonyl (C=O) groups excluding carboxylic acids is 1. The second kappa shape index (κ2) is 5.18. The molecule has 1 unspecified atom stereocenters. The van der Waals surface area contributed by atoms with Crippen LogP contribution in [0.3, 0.4) is 0 Å². The number of ketones is 1. The van der Waals surface area contributed by atoms with Gasteiger partial charge >= 0.3 is 0 Å². The number of rotatable bonds is 4. The van der Waals surface area contributed by atoms with E-state index in [0.717, 1.165) is 6.42 Å². The van der Waals surface area contributed by atoms with Gasteiger partial charge in [0.05, 0.1) is 6.07 Å². The maximum atomic E-state index is 11.8. The smallest absolute Gasteiger partial charge is 0.166 e. The first-order chi connectivity index (χ1) is 6.79. The monoisotopic (exact) mass is 187 g/mol. The van der Waals surface area contributed by atoms with E-state index in [0.29, 0.717) is 12.0 Å². The second-order valence-corrected chi connectivity index (χ2v) is 3.20. The lowest BCUT2D eigenvalue weighted by atomic mass is 9.93. The number of nitrogens with zero attached hydrogens (tertiary/aromatic N) is 1. The van der Waals surface area contributed by atoms with Crippen LogP contribution in [0, 0.1) is 17.2 Å². The Kier molecular flexibility index (Phi) is 3.87. The molecular formula is C12H13NO. The largest absolute Gasteiger partial charge is 0.294 e. The van der Waals surface area contributed by atoms with Crippen LogP contribution in [0.5, 0.6) is 0 Å². The van der Waals surface area contributed by atoms with Gasteiger partial charge < -0.3 is 0 Å². The van der Waals surface area contributed by atoms with E-state index >= 15 is 0 Å². The first kappa shape index (κ1) is 10.5. The van der Waals surface area contributed by atoms with E-state index in [-0.39, 0.29) is 11.7 Å². The van der Waals surface area contributed by atoms with E-state index in [9.17, 15) is 4.79 Å². The van der Waals surface area contributed by atoms with Crippen LogP contribution < -0.4 is 0 Å². The van der Waals surface area contributed by atoms with Crippen LogP contribution in [0.1, 0.15) is 30.1 Å². The molecule has 0 heterocycles. The standard InChI is InChI=1S/C12H13NO/c1-2-10(8-9-13)12(14)11-6-4-3-5-7-11/h3-7,10H,2,8H2,1H3. The third kappa shape index (κ3) is 2.43. The molecule has 0 saturated heterocycles. The molecule has 1 aromatic rings. The Bertz CT molecular complexity index is 337. The van der Waals surface area contributed by atoms with Gasteiger partial charge in [0.15, 0.2) is 5.78 Å². The number of nitriles is 1. The maximum Gasteiger partial charge on any atom is 0.166 e. The Morgan fingerprint density at radius 1 is 1.43 bits per heavy atom. The van der Waals surface area contributed by atoms with Gasteiger partial charge in [-0.2, -0.15) is 5.26 Å². The highest BCUT2D eigenvalue weighted by molar-refractivity contribution is 5.97. The van der Waals surface area contributed by atoms with Crippen molar-refractivity contribution in [1.29, 1.82) is 5.26 Å². The van der Waals surface area contributed by atoms with Crippen molar-refractivity contribution in [1.82, 2.24) is 0 Å². The number of benzene rings is 1. The summed E-state index contributed by atoms with van der Waals surface area (Å²) in [5.41, 5.74) is 0.703. The summed E-state index contributed by atoms with van der Waals surface area (Å²) >= 11 is 0. The van der Waals surface area contributed by atoms with Gasteiger partial charge in [-0.05, 0) is 6.42 Å². The second-order valence-electron chi connectivity index (χ2n) is 3.20. The molecule has 1 atom stereocenters. The fourth-order valence-corrected chi connectivity index (χ4v) is 1.37. The number of carbonyl (C=O) groups is 1. The van der Waals surface area contributed by atoms with Crippen molar-refractivity contribution in [3.05, 3.63) is 35.9 Å². The van der Waals surface area contributed by atoms with Crippen molar-refractivity contribution in [3.8, 4) is 6.07 Å². The highest BCUT2D eigenvalue weighted by atomic mass is 16.1. The molecule has 0 aliphatic rings. The lowest BCUT2D eigenvalue weighted by Crippen LogP contribution is -2.13. The quantitative estimate of drug-likeness (QED) is 0.680. The van der Waals surface area contributed by atoms with E-state index < -0.39 is 0 Å². The molecule has 72 valence electrons. The first-order valence-corrected chi connectivity index (χ1v) is 4.75. The van der Waals surface area contributed by atoms with Gasteiger partial charge in [0.2, 0.25) is 0 Å². The minimum atomic E-state index is -0.151. The summed E-state index contributed by atoms with van der Waals surface area (Å²) in [5, 5.41) is 8.56. The van der Waals surface area contributed by atoms with Gasteiger partial charge in [-0.1, -0.05) is 37.3 Å². The third-order valence-corrected chi connectivity index (χ3v) is 2.26. The van der Waals surface area contributed by atoms with Crippen LogP contribution >= 0.6 is 0 Å². The van der Waals surface area contributed by atoms with E-state index in [2.05, 4.69) is 0 Å². The molecular weight excluding hydrogens is 174 g/mol. The van der Waals surface area contributed by atoms with Gasteiger partial charge in [0.25, 0.3) is 0 Å². The molecule has 0 saturated carbocycles. The van der Waals surface area contributed by atoms with Crippen molar-refractivity contribution >= 4 is 5.78 Å². The topological polar surface area (TPSA) is 40.9 Å². The van der Waals surface area contributed by atoms with Gasteiger partial charge in [-0.25, -0.2) is 0 Å². The zero-order chi connectivity index (χ0) is 10.4. The molecule has 0 aliphatic carbocycles. The Balaban J connectivity index is 2.79. The van der Waals surface area contributed by atoms with E-state index in [1.165, 1.54) is 0 Å². The lowest BCUT2D eigenvalue weighted by molar-refractivity contribution is 0.0918. The van der Waals surface area contributed by atoms with E-state index in [1.54, 1.807) is 12.1 Å². The molecule has 0 spiro atoms. The summed E-state index contributed by atoms with van der Waals surface area (Å²) in [6.07, 6.45) is 1.03. The van der Waals surface area contributed by atoms with Gasteiger partial charge in [-0.15, -0.1) is 0 Å². The Labute approximate surface area is 84.2 Å². The molecule has 1 rings (SSSR count). The molecule has 0 aliphatic heterocycles. The van der Waals surface area contributed by atoms with Crippen LogP contribution in [-0.4, -0.2) is 5.78 Å². The highest BCUT2D eigenvalue weighted by Gasteiger charge is 2.17. The highest BCUT2D eigenvalue weighted by Crippen LogP contribution is 2.15. The van der Waals surface area contributed by atoms with Gasteiger partial charge in [-0.3, -0.25) is 4.79 Å². The summed E-state index contributed by atoms with van der Waals surface area (Å²) in [7, 11) is 0. The summed E-state index contributed by atoms with van der Waals surface area (Å²) in [6, 6.07) is 11.2. The molecule has 0 radical (unpaired) electrons. The molecule has 0 aromatic heterocycles. The SMILES string of the molecule is CCC(CC#N)C(=O)c1ccccc1. The van der Waals surface area contributed by atoms with Crippen LogP contribution in [0.4, 0.5) is 0 Å². The molecule has 0 bridgehead atoms. The molecule has 0 N–H and O–H groups in total. The molecule has 1 aromatic carbocycles. The van der Waals surface area contributed by atoms with Gasteiger partial charge in [0.1, 0.15) is 0 Å². The predicted octanol–water partition coefficient (Wildman–Crippen LogP) is 2.81. The number of Topliss-reactive ketones (excluding diaryl/α,β-unsaturated/α-hetero) is 1. The Morgan fingerprint density at radius 2 is 2.07 bits per heavy atom. The zero-order valence-electron chi connectivity index (χ0n) is 8.23. The Hall–Kier alpha value is -1.62. The van der Waals surface area contributed by atoms with Gasteiger partial charge in [0, 0.05) is 17.9 Å². The average molecular weight is 187 g/mol. The van der Waals surface area contributed by atoms with E-state index in [4.69, 9.17) is 5.26 Å². The maximum absolute atomic E-state index is 11.8. The van der Waals surface area contributed by atoms with Crippen LogP contribution in [-0.2, 0) is 0 Å². The lowest BCUT2D eigenvalue weighted by Gasteiger charge is -2.08. The minimum absolute atomic E-state index is 0.0784. The fraction of sp³-hybridized carbons (Fsp3) is 0.333. The van der Waals surface area contributed by atoms with Crippen molar-refractivity contribution in [2.45, 2.75) is 19.8 Å². The fourth-order valence-electron chi connectivity index (χ4n) is 1.37. The van der Waals surface area contributed by atoms with Crippen molar-refractivity contribution in [2.75, 3.05) is 0 Å². The normalized spacial score (nSPS) is 11.7. The molecule has 2 heteroatoms. The van der Waals surface area contributed by atoms with Crippen LogP contribution in [0.25, 0.3) is 0 Å². The van der Waals surface area contributed by atoms with Crippen molar-refractivity contribution < 1.29 is 4.79 Å². The van der Waals surface area contributed by atoms with Crippen molar-refractivity contribution in [2.24, 2.45) is 5.92 Å². The predicted molar refractivity (Wildman–Crippen MR) is 54.8 cm³/mol. The minimum Gasteiger partial charge on any atom is -0.294 e. The van der Waals surface area contributed by atoms with E-state index in [1.807, 2.05) is 31.2 Å². The van der Waals surface area contributed by atoms with Crippen molar-refractivity contribution in [3.63, 3.8) is 0 Å². The number of hydrogen-bond donors (Lipinski definition) is 0. The average Bonchev–Trinajstić information content (AvgIpc) is 2.26. The molecule has 14 heavy (non-hydrogen) atoms.